The van der Waals surface area contributed by atoms with Gasteiger partial charge in [0.25, 0.3) is 0 Å². The van der Waals surface area contributed by atoms with E-state index >= 15 is 0 Å². The van der Waals surface area contributed by atoms with E-state index in [2.05, 4.69) is 6.92 Å². The molecule has 1 fully saturated rings. The zero-order chi connectivity index (χ0) is 15.4. The summed E-state index contributed by atoms with van der Waals surface area (Å²) in [7, 11) is 0. The lowest BCUT2D eigenvalue weighted by Crippen LogP contribution is -2.19. The second kappa shape index (κ2) is 6.57. The zero-order valence-electron chi connectivity index (χ0n) is 12.8. The first-order chi connectivity index (χ1) is 10.7. The van der Waals surface area contributed by atoms with E-state index < -0.39 is 0 Å². The molecule has 0 bridgehead atoms. The van der Waals surface area contributed by atoms with Gasteiger partial charge in [-0.25, -0.2) is 0 Å². The van der Waals surface area contributed by atoms with Gasteiger partial charge in [0, 0.05) is 11.1 Å². The number of benzene rings is 2. The van der Waals surface area contributed by atoms with Crippen LogP contribution in [-0.4, -0.2) is 5.78 Å². The molecule has 1 aliphatic carbocycles. The van der Waals surface area contributed by atoms with Gasteiger partial charge >= 0.3 is 0 Å². The van der Waals surface area contributed by atoms with Crippen LogP contribution in [0.15, 0.2) is 71.8 Å². The summed E-state index contributed by atoms with van der Waals surface area (Å²) in [6.45, 7) is 2.14. The maximum atomic E-state index is 12.8. The molecule has 0 amide bonds. The molecule has 3 rings (SSSR count). The Morgan fingerprint density at radius 3 is 2.00 bits per heavy atom. The van der Waals surface area contributed by atoms with E-state index in [-0.39, 0.29) is 5.78 Å². The molecular weight excluding hydrogens is 268 g/mol. The number of hydrogen-bond acceptors (Lipinski definition) is 1. The van der Waals surface area contributed by atoms with Crippen molar-refractivity contribution >= 4 is 17.9 Å². The second-order valence-electron chi connectivity index (χ2n) is 5.86. The summed E-state index contributed by atoms with van der Waals surface area (Å²) in [5, 5.41) is 0. The molecule has 110 valence electrons. The molecule has 1 heteroatoms. The molecular formula is C21H20O. The van der Waals surface area contributed by atoms with E-state index in [1.54, 1.807) is 0 Å². The largest absolute Gasteiger partial charge is 0.289 e. The summed E-state index contributed by atoms with van der Waals surface area (Å²) in [6.07, 6.45) is 5.97. The topological polar surface area (TPSA) is 17.1 Å². The van der Waals surface area contributed by atoms with E-state index in [9.17, 15) is 4.79 Å². The van der Waals surface area contributed by atoms with Crippen molar-refractivity contribution in [3.8, 4) is 0 Å². The Bertz CT molecular complexity index is 708. The van der Waals surface area contributed by atoms with Crippen LogP contribution in [0.2, 0.25) is 0 Å². The van der Waals surface area contributed by atoms with Gasteiger partial charge in [0.1, 0.15) is 0 Å². The molecule has 1 aliphatic rings. The van der Waals surface area contributed by atoms with Crippen molar-refractivity contribution < 1.29 is 4.79 Å². The molecule has 0 heterocycles. The minimum Gasteiger partial charge on any atom is -0.289 e. The highest BCUT2D eigenvalue weighted by atomic mass is 16.1. The van der Waals surface area contributed by atoms with Gasteiger partial charge in [0.15, 0.2) is 5.78 Å². The Morgan fingerprint density at radius 1 is 0.864 bits per heavy atom. The van der Waals surface area contributed by atoms with Crippen molar-refractivity contribution in [2.24, 2.45) is 5.92 Å². The summed E-state index contributed by atoms with van der Waals surface area (Å²) < 4.78 is 0. The van der Waals surface area contributed by atoms with Crippen LogP contribution in [0, 0.1) is 5.92 Å². The molecule has 1 atom stereocenters. The predicted octanol–water partition coefficient (Wildman–Crippen LogP) is 5.15. The SMILES string of the molecule is CC1CCC(=Cc2ccccc2)C(=O)C1=Cc1ccccc1. The Morgan fingerprint density at radius 2 is 1.41 bits per heavy atom. The fourth-order valence-electron chi connectivity index (χ4n) is 2.88. The molecule has 1 saturated carbocycles. The standard InChI is InChI=1S/C21H20O/c1-16-12-13-19(14-17-8-4-2-5-9-17)21(22)20(16)15-18-10-6-3-7-11-18/h2-11,14-16H,12-13H2,1H3. The molecule has 22 heavy (non-hydrogen) atoms. The first kappa shape index (κ1) is 14.5. The van der Waals surface area contributed by atoms with E-state index in [1.165, 1.54) is 0 Å². The third-order valence-electron chi connectivity index (χ3n) is 4.19. The number of Topliss-reactive ketones (excluding diaryl/α,β-unsaturated/α-hetero) is 1. The van der Waals surface area contributed by atoms with Gasteiger partial charge in [0.2, 0.25) is 0 Å². The molecule has 1 unspecified atom stereocenters. The quantitative estimate of drug-likeness (QED) is 0.698. The molecule has 1 nitrogen and oxygen atoms in total. The summed E-state index contributed by atoms with van der Waals surface area (Å²) in [6, 6.07) is 20.2. The van der Waals surface area contributed by atoms with Crippen molar-refractivity contribution in [1.29, 1.82) is 0 Å². The number of hydrogen-bond donors (Lipinski definition) is 0. The van der Waals surface area contributed by atoms with Crippen molar-refractivity contribution in [2.75, 3.05) is 0 Å². The Kier molecular flexibility index (Phi) is 4.34. The van der Waals surface area contributed by atoms with Crippen molar-refractivity contribution in [1.82, 2.24) is 0 Å². The van der Waals surface area contributed by atoms with Crippen LogP contribution in [0.4, 0.5) is 0 Å². The van der Waals surface area contributed by atoms with Crippen LogP contribution in [0.25, 0.3) is 12.2 Å². The monoisotopic (exact) mass is 288 g/mol. The third kappa shape index (κ3) is 3.25. The number of carbonyl (C=O) groups excluding carboxylic acids is 1. The van der Waals surface area contributed by atoms with Crippen LogP contribution in [-0.2, 0) is 4.79 Å². The van der Waals surface area contributed by atoms with Crippen molar-refractivity contribution in [3.63, 3.8) is 0 Å². The maximum absolute atomic E-state index is 12.8. The Labute approximate surface area is 132 Å². The molecule has 2 aromatic carbocycles. The molecule has 2 aromatic rings. The Hall–Kier alpha value is -2.41. The normalized spacial score (nSPS) is 22.2. The van der Waals surface area contributed by atoms with Crippen LogP contribution < -0.4 is 0 Å². The molecule has 0 aromatic heterocycles. The third-order valence-corrected chi connectivity index (χ3v) is 4.19. The summed E-state index contributed by atoms with van der Waals surface area (Å²) >= 11 is 0. The van der Waals surface area contributed by atoms with Gasteiger partial charge < -0.3 is 0 Å². The lowest BCUT2D eigenvalue weighted by atomic mass is 9.80. The van der Waals surface area contributed by atoms with Gasteiger partial charge in [-0.3, -0.25) is 4.79 Å². The molecule has 0 radical (unpaired) electrons. The smallest absolute Gasteiger partial charge is 0.185 e. The highest BCUT2D eigenvalue weighted by Crippen LogP contribution is 2.32. The average molecular weight is 288 g/mol. The van der Waals surface area contributed by atoms with E-state index in [0.717, 1.165) is 35.1 Å². The van der Waals surface area contributed by atoms with Gasteiger partial charge in [0.05, 0.1) is 0 Å². The fraction of sp³-hybridized carbons (Fsp3) is 0.190. The lowest BCUT2D eigenvalue weighted by molar-refractivity contribution is -0.113. The highest BCUT2D eigenvalue weighted by Gasteiger charge is 2.26. The summed E-state index contributed by atoms with van der Waals surface area (Å²) in [5.41, 5.74) is 4.05. The minimum absolute atomic E-state index is 0.200. The minimum atomic E-state index is 0.200. The molecule has 0 spiro atoms. The van der Waals surface area contributed by atoms with Crippen LogP contribution in [0.5, 0.6) is 0 Å². The lowest BCUT2D eigenvalue weighted by Gasteiger charge is -2.23. The molecule has 0 N–H and O–H groups in total. The van der Waals surface area contributed by atoms with Gasteiger partial charge in [-0.1, -0.05) is 67.6 Å². The fourth-order valence-corrected chi connectivity index (χ4v) is 2.88. The number of rotatable bonds is 2. The van der Waals surface area contributed by atoms with Crippen LogP contribution >= 0.6 is 0 Å². The molecule has 0 saturated heterocycles. The summed E-state index contributed by atoms with van der Waals surface area (Å²) in [4.78, 5) is 12.8. The van der Waals surface area contributed by atoms with Crippen LogP contribution in [0.1, 0.15) is 30.9 Å². The van der Waals surface area contributed by atoms with Crippen molar-refractivity contribution in [2.45, 2.75) is 19.8 Å². The highest BCUT2D eigenvalue weighted by molar-refractivity contribution is 6.14. The van der Waals surface area contributed by atoms with Crippen molar-refractivity contribution in [3.05, 3.63) is 82.9 Å². The van der Waals surface area contributed by atoms with E-state index in [4.69, 9.17) is 0 Å². The predicted molar refractivity (Wildman–Crippen MR) is 92.2 cm³/mol. The zero-order valence-corrected chi connectivity index (χ0v) is 12.8. The van der Waals surface area contributed by atoms with Gasteiger partial charge in [-0.05, 0) is 42.0 Å². The first-order valence-corrected chi connectivity index (χ1v) is 7.81. The van der Waals surface area contributed by atoms with Gasteiger partial charge in [-0.2, -0.15) is 0 Å². The summed E-state index contributed by atoms with van der Waals surface area (Å²) in [5.74, 6) is 0.520. The maximum Gasteiger partial charge on any atom is 0.185 e. The average Bonchev–Trinajstić information content (AvgIpc) is 2.56. The number of ketones is 1. The number of carbonyl (C=O) groups is 1. The van der Waals surface area contributed by atoms with E-state index in [1.807, 2.05) is 72.8 Å². The first-order valence-electron chi connectivity index (χ1n) is 7.81. The van der Waals surface area contributed by atoms with E-state index in [0.29, 0.717) is 5.92 Å². The number of allylic oxidation sites excluding steroid dienone is 2. The Balaban J connectivity index is 1.93. The van der Waals surface area contributed by atoms with Gasteiger partial charge in [-0.15, -0.1) is 0 Å². The second-order valence-corrected chi connectivity index (χ2v) is 5.86. The van der Waals surface area contributed by atoms with Crippen LogP contribution in [0.3, 0.4) is 0 Å². The molecule has 0 aliphatic heterocycles.